The van der Waals surface area contributed by atoms with Gasteiger partial charge in [-0.1, -0.05) is 22.0 Å². The largest absolute Gasteiger partial charge is 0.370 e. The first-order valence-corrected chi connectivity index (χ1v) is 7.03. The second-order valence-electron chi connectivity index (χ2n) is 5.48. The Labute approximate surface area is 113 Å². The zero-order valence-corrected chi connectivity index (χ0v) is 12.5. The second-order valence-corrected chi connectivity index (χ2v) is 6.34. The van der Waals surface area contributed by atoms with Crippen molar-refractivity contribution in [3.05, 3.63) is 28.2 Å². The van der Waals surface area contributed by atoms with Gasteiger partial charge in [-0.3, -0.25) is 0 Å². The predicted octanol–water partition coefficient (Wildman–Crippen LogP) is 3.34. The van der Waals surface area contributed by atoms with Gasteiger partial charge in [0.1, 0.15) is 0 Å². The standard InChI is InChI=1S/C14H21BrN2/c1-11-4-5-12(10-13(11)15)17-8-6-14(2,3)16-7-9-17/h4-5,10,16H,6-9H2,1-3H3. The normalized spacial score (nSPS) is 20.1. The molecular weight excluding hydrogens is 276 g/mol. The van der Waals surface area contributed by atoms with Crippen LogP contribution in [0.25, 0.3) is 0 Å². The van der Waals surface area contributed by atoms with Crippen LogP contribution >= 0.6 is 15.9 Å². The monoisotopic (exact) mass is 296 g/mol. The van der Waals surface area contributed by atoms with E-state index in [1.807, 2.05) is 0 Å². The summed E-state index contributed by atoms with van der Waals surface area (Å²) in [6, 6.07) is 6.63. The topological polar surface area (TPSA) is 15.3 Å². The van der Waals surface area contributed by atoms with E-state index in [-0.39, 0.29) is 5.54 Å². The summed E-state index contributed by atoms with van der Waals surface area (Å²) in [6.45, 7) is 9.94. The van der Waals surface area contributed by atoms with Gasteiger partial charge in [0, 0.05) is 35.3 Å². The fourth-order valence-electron chi connectivity index (χ4n) is 2.18. The third-order valence-electron chi connectivity index (χ3n) is 3.51. The Hall–Kier alpha value is -0.540. The number of nitrogens with one attached hydrogen (secondary N) is 1. The van der Waals surface area contributed by atoms with E-state index in [2.05, 4.69) is 65.1 Å². The van der Waals surface area contributed by atoms with E-state index >= 15 is 0 Å². The fourth-order valence-corrected chi connectivity index (χ4v) is 2.55. The van der Waals surface area contributed by atoms with E-state index in [9.17, 15) is 0 Å². The molecule has 0 aromatic heterocycles. The van der Waals surface area contributed by atoms with Crippen LogP contribution in [0.15, 0.2) is 22.7 Å². The summed E-state index contributed by atoms with van der Waals surface area (Å²) in [7, 11) is 0. The molecule has 1 saturated heterocycles. The van der Waals surface area contributed by atoms with Crippen LogP contribution in [0.2, 0.25) is 0 Å². The highest BCUT2D eigenvalue weighted by Crippen LogP contribution is 2.25. The zero-order chi connectivity index (χ0) is 12.5. The molecular formula is C14H21BrN2. The first-order chi connectivity index (χ1) is 7.98. The Morgan fingerprint density at radius 1 is 1.29 bits per heavy atom. The number of nitrogens with zero attached hydrogens (tertiary/aromatic N) is 1. The van der Waals surface area contributed by atoms with Crippen molar-refractivity contribution in [1.29, 1.82) is 0 Å². The van der Waals surface area contributed by atoms with E-state index in [1.54, 1.807) is 0 Å². The van der Waals surface area contributed by atoms with Crippen molar-refractivity contribution >= 4 is 21.6 Å². The lowest BCUT2D eigenvalue weighted by molar-refractivity contribution is 0.394. The molecule has 0 atom stereocenters. The summed E-state index contributed by atoms with van der Waals surface area (Å²) in [6.07, 6.45) is 1.18. The van der Waals surface area contributed by atoms with E-state index in [0.717, 1.165) is 19.6 Å². The Morgan fingerprint density at radius 2 is 2.06 bits per heavy atom. The molecule has 0 saturated carbocycles. The first kappa shape index (κ1) is 12.9. The van der Waals surface area contributed by atoms with E-state index < -0.39 is 0 Å². The highest BCUT2D eigenvalue weighted by molar-refractivity contribution is 9.10. The van der Waals surface area contributed by atoms with Crippen LogP contribution in [-0.2, 0) is 0 Å². The number of halogens is 1. The third-order valence-corrected chi connectivity index (χ3v) is 4.37. The van der Waals surface area contributed by atoms with Crippen LogP contribution < -0.4 is 10.2 Å². The molecule has 1 aliphatic heterocycles. The Balaban J connectivity index is 2.14. The highest BCUT2D eigenvalue weighted by Gasteiger charge is 2.22. The predicted molar refractivity (Wildman–Crippen MR) is 77.8 cm³/mol. The van der Waals surface area contributed by atoms with Gasteiger partial charge in [0.15, 0.2) is 0 Å². The van der Waals surface area contributed by atoms with Crippen LogP contribution in [0, 0.1) is 6.92 Å². The van der Waals surface area contributed by atoms with Gasteiger partial charge in [0.05, 0.1) is 0 Å². The minimum absolute atomic E-state index is 0.261. The van der Waals surface area contributed by atoms with Crippen molar-refractivity contribution < 1.29 is 0 Å². The van der Waals surface area contributed by atoms with Gasteiger partial charge in [-0.05, 0) is 44.9 Å². The highest BCUT2D eigenvalue weighted by atomic mass is 79.9. The smallest absolute Gasteiger partial charge is 0.0378 e. The van der Waals surface area contributed by atoms with E-state index in [4.69, 9.17) is 0 Å². The number of aryl methyl sites for hydroxylation is 1. The molecule has 0 aliphatic carbocycles. The summed E-state index contributed by atoms with van der Waals surface area (Å²) >= 11 is 3.61. The SMILES string of the molecule is Cc1ccc(N2CCNC(C)(C)CC2)cc1Br. The van der Waals surface area contributed by atoms with Gasteiger partial charge in [0.25, 0.3) is 0 Å². The molecule has 0 bridgehead atoms. The maximum absolute atomic E-state index is 3.61. The average Bonchev–Trinajstić information content (AvgIpc) is 2.44. The van der Waals surface area contributed by atoms with E-state index in [1.165, 1.54) is 22.1 Å². The Morgan fingerprint density at radius 3 is 2.76 bits per heavy atom. The summed E-state index contributed by atoms with van der Waals surface area (Å²) in [5.74, 6) is 0. The molecule has 0 spiro atoms. The van der Waals surface area contributed by atoms with Gasteiger partial charge >= 0.3 is 0 Å². The fraction of sp³-hybridized carbons (Fsp3) is 0.571. The molecule has 2 rings (SSSR count). The first-order valence-electron chi connectivity index (χ1n) is 6.24. The van der Waals surface area contributed by atoms with Gasteiger partial charge in [0.2, 0.25) is 0 Å². The number of rotatable bonds is 1. The molecule has 1 aromatic rings. The van der Waals surface area contributed by atoms with Crippen molar-refractivity contribution in [3.63, 3.8) is 0 Å². The lowest BCUT2D eigenvalue weighted by Gasteiger charge is -2.25. The molecule has 1 fully saturated rings. The summed E-state index contributed by atoms with van der Waals surface area (Å²) < 4.78 is 1.20. The van der Waals surface area contributed by atoms with Crippen molar-refractivity contribution in [2.24, 2.45) is 0 Å². The number of hydrogen-bond donors (Lipinski definition) is 1. The molecule has 1 aromatic carbocycles. The van der Waals surface area contributed by atoms with E-state index in [0.29, 0.717) is 0 Å². The molecule has 1 heterocycles. The molecule has 3 heteroatoms. The molecule has 1 aliphatic rings. The quantitative estimate of drug-likeness (QED) is 0.855. The van der Waals surface area contributed by atoms with Gasteiger partial charge in [-0.2, -0.15) is 0 Å². The van der Waals surface area contributed by atoms with Crippen molar-refractivity contribution in [2.75, 3.05) is 24.5 Å². The lowest BCUT2D eigenvalue weighted by Crippen LogP contribution is -2.39. The summed E-state index contributed by atoms with van der Waals surface area (Å²) in [5.41, 5.74) is 2.88. The molecule has 94 valence electrons. The van der Waals surface area contributed by atoms with Crippen LogP contribution in [0.5, 0.6) is 0 Å². The van der Waals surface area contributed by atoms with Crippen molar-refractivity contribution in [3.8, 4) is 0 Å². The molecule has 1 N–H and O–H groups in total. The Bertz CT molecular complexity index is 401. The molecule has 0 amide bonds. The Kier molecular flexibility index (Phi) is 3.79. The number of hydrogen-bond acceptors (Lipinski definition) is 2. The average molecular weight is 297 g/mol. The molecule has 2 nitrogen and oxygen atoms in total. The minimum atomic E-state index is 0.261. The van der Waals surface area contributed by atoms with Crippen LogP contribution in [-0.4, -0.2) is 25.2 Å². The maximum Gasteiger partial charge on any atom is 0.0378 e. The van der Waals surface area contributed by atoms with Crippen LogP contribution in [0.3, 0.4) is 0 Å². The second kappa shape index (κ2) is 4.99. The molecule has 0 unspecified atom stereocenters. The van der Waals surface area contributed by atoms with Gasteiger partial charge in [-0.25, -0.2) is 0 Å². The van der Waals surface area contributed by atoms with Crippen LogP contribution in [0.1, 0.15) is 25.8 Å². The summed E-state index contributed by atoms with van der Waals surface area (Å²) in [5, 5.41) is 3.59. The zero-order valence-electron chi connectivity index (χ0n) is 10.9. The lowest BCUT2D eigenvalue weighted by atomic mass is 10.0. The third kappa shape index (κ3) is 3.23. The van der Waals surface area contributed by atoms with Gasteiger partial charge < -0.3 is 10.2 Å². The van der Waals surface area contributed by atoms with Crippen molar-refractivity contribution in [1.82, 2.24) is 5.32 Å². The number of benzene rings is 1. The van der Waals surface area contributed by atoms with Gasteiger partial charge in [-0.15, -0.1) is 0 Å². The van der Waals surface area contributed by atoms with Crippen molar-refractivity contribution in [2.45, 2.75) is 32.7 Å². The summed E-state index contributed by atoms with van der Waals surface area (Å²) in [4.78, 5) is 2.46. The van der Waals surface area contributed by atoms with Crippen LogP contribution in [0.4, 0.5) is 5.69 Å². The molecule has 0 radical (unpaired) electrons. The molecule has 17 heavy (non-hydrogen) atoms. The minimum Gasteiger partial charge on any atom is -0.370 e. The maximum atomic E-state index is 3.61. The number of anilines is 1.